The summed E-state index contributed by atoms with van der Waals surface area (Å²) >= 11 is 0. The fraction of sp³-hybridized carbons (Fsp3) is 0.929. The maximum absolute atomic E-state index is 6.02. The van der Waals surface area contributed by atoms with E-state index in [0.717, 1.165) is 57.1 Å². The number of likely N-dealkylation sites (tertiary alicyclic amines) is 1. The maximum atomic E-state index is 6.02. The van der Waals surface area contributed by atoms with E-state index in [-0.39, 0.29) is 0 Å². The molecule has 4 heteroatoms. The lowest BCUT2D eigenvalue weighted by atomic mass is 10.0. The van der Waals surface area contributed by atoms with Gasteiger partial charge in [0.1, 0.15) is 0 Å². The van der Waals surface area contributed by atoms with E-state index in [1.807, 2.05) is 0 Å². The maximum Gasteiger partial charge on any atom is 0.191 e. The molecule has 1 heterocycles. The lowest BCUT2D eigenvalue weighted by Crippen LogP contribution is -2.43. The molecule has 1 atom stereocenters. The Bertz CT molecular complexity index is 276. The SMILES string of the molecule is CC1CCCN(C(N)=NCCCOCC2CC2)C1. The predicted molar refractivity (Wildman–Crippen MR) is 74.6 cm³/mol. The van der Waals surface area contributed by atoms with Gasteiger partial charge in [-0.15, -0.1) is 0 Å². The Balaban J connectivity index is 1.55. The Morgan fingerprint density at radius 1 is 1.39 bits per heavy atom. The van der Waals surface area contributed by atoms with Crippen LogP contribution in [0.15, 0.2) is 4.99 Å². The molecule has 1 saturated heterocycles. The van der Waals surface area contributed by atoms with Crippen molar-refractivity contribution in [3.63, 3.8) is 0 Å². The Labute approximate surface area is 111 Å². The number of guanidine groups is 1. The van der Waals surface area contributed by atoms with Gasteiger partial charge >= 0.3 is 0 Å². The highest BCUT2D eigenvalue weighted by Crippen LogP contribution is 2.28. The molecule has 0 amide bonds. The van der Waals surface area contributed by atoms with Crippen molar-refractivity contribution in [1.82, 2.24) is 4.90 Å². The van der Waals surface area contributed by atoms with E-state index in [1.54, 1.807) is 0 Å². The summed E-state index contributed by atoms with van der Waals surface area (Å²) in [5.74, 6) is 2.33. The zero-order valence-corrected chi connectivity index (χ0v) is 11.6. The van der Waals surface area contributed by atoms with Crippen molar-refractivity contribution in [2.24, 2.45) is 22.6 Å². The van der Waals surface area contributed by atoms with Crippen LogP contribution in [0.1, 0.15) is 39.0 Å². The fourth-order valence-corrected chi connectivity index (χ4v) is 2.39. The van der Waals surface area contributed by atoms with E-state index in [0.29, 0.717) is 0 Å². The molecule has 0 bridgehead atoms. The van der Waals surface area contributed by atoms with Gasteiger partial charge in [-0.05, 0) is 43.9 Å². The summed E-state index contributed by atoms with van der Waals surface area (Å²) < 4.78 is 5.58. The molecule has 104 valence electrons. The van der Waals surface area contributed by atoms with Gasteiger partial charge in [0.2, 0.25) is 0 Å². The average molecular weight is 253 g/mol. The fourth-order valence-electron chi connectivity index (χ4n) is 2.39. The molecule has 2 N–H and O–H groups in total. The van der Waals surface area contributed by atoms with Crippen LogP contribution in [-0.2, 0) is 4.74 Å². The van der Waals surface area contributed by atoms with Crippen LogP contribution < -0.4 is 5.73 Å². The van der Waals surface area contributed by atoms with Gasteiger partial charge < -0.3 is 15.4 Å². The minimum atomic E-state index is 0.726. The zero-order valence-electron chi connectivity index (χ0n) is 11.6. The third-order valence-corrected chi connectivity index (χ3v) is 3.75. The summed E-state index contributed by atoms with van der Waals surface area (Å²) in [5.41, 5.74) is 6.02. The highest BCUT2D eigenvalue weighted by molar-refractivity contribution is 5.78. The summed E-state index contributed by atoms with van der Waals surface area (Å²) in [5, 5.41) is 0. The van der Waals surface area contributed by atoms with E-state index in [2.05, 4.69) is 16.8 Å². The number of piperidine rings is 1. The van der Waals surface area contributed by atoms with Crippen molar-refractivity contribution in [2.75, 3.05) is 32.8 Å². The van der Waals surface area contributed by atoms with Gasteiger partial charge in [0.05, 0.1) is 0 Å². The highest BCUT2D eigenvalue weighted by Gasteiger charge is 2.20. The molecule has 2 aliphatic rings. The molecule has 0 radical (unpaired) electrons. The first-order valence-corrected chi connectivity index (χ1v) is 7.38. The average Bonchev–Trinajstić information content (AvgIpc) is 3.17. The van der Waals surface area contributed by atoms with Crippen LogP contribution in [0.4, 0.5) is 0 Å². The monoisotopic (exact) mass is 253 g/mol. The van der Waals surface area contributed by atoms with Crippen LogP contribution in [-0.4, -0.2) is 43.7 Å². The number of hydrogen-bond donors (Lipinski definition) is 1. The molecular weight excluding hydrogens is 226 g/mol. The smallest absolute Gasteiger partial charge is 0.191 e. The molecular formula is C14H27N3O. The number of nitrogens with zero attached hydrogens (tertiary/aromatic N) is 2. The molecule has 1 unspecified atom stereocenters. The normalized spacial score (nSPS) is 25.5. The van der Waals surface area contributed by atoms with Gasteiger partial charge in [0, 0.05) is 32.8 Å². The quantitative estimate of drug-likeness (QED) is 0.446. The number of ether oxygens (including phenoxy) is 1. The second-order valence-electron chi connectivity index (χ2n) is 5.81. The summed E-state index contributed by atoms with van der Waals surface area (Å²) in [7, 11) is 0. The molecule has 0 aromatic heterocycles. The molecule has 4 nitrogen and oxygen atoms in total. The molecule has 0 spiro atoms. The van der Waals surface area contributed by atoms with Gasteiger partial charge in [0.15, 0.2) is 5.96 Å². The number of nitrogens with two attached hydrogens (primary N) is 1. The predicted octanol–water partition coefficient (Wildman–Crippen LogP) is 1.85. The summed E-state index contributed by atoms with van der Waals surface area (Å²) in [6.07, 6.45) is 6.26. The van der Waals surface area contributed by atoms with Gasteiger partial charge in [-0.3, -0.25) is 4.99 Å². The molecule has 0 aromatic carbocycles. The first-order chi connectivity index (χ1) is 8.75. The van der Waals surface area contributed by atoms with Crippen LogP contribution in [0.2, 0.25) is 0 Å². The Hall–Kier alpha value is -0.770. The Morgan fingerprint density at radius 2 is 2.22 bits per heavy atom. The molecule has 18 heavy (non-hydrogen) atoms. The second-order valence-corrected chi connectivity index (χ2v) is 5.81. The molecule has 0 aromatic rings. The lowest BCUT2D eigenvalue weighted by molar-refractivity contribution is 0.123. The highest BCUT2D eigenvalue weighted by atomic mass is 16.5. The van der Waals surface area contributed by atoms with Crippen LogP contribution in [0.5, 0.6) is 0 Å². The van der Waals surface area contributed by atoms with E-state index >= 15 is 0 Å². The third-order valence-electron chi connectivity index (χ3n) is 3.75. The molecule has 1 aliphatic carbocycles. The lowest BCUT2D eigenvalue weighted by Gasteiger charge is -2.31. The van der Waals surface area contributed by atoms with Crippen molar-refractivity contribution in [2.45, 2.75) is 39.0 Å². The first kappa shape index (κ1) is 13.7. The standard InChI is InChI=1S/C14H27N3O/c1-12-4-2-8-17(10-12)14(15)16-7-3-9-18-11-13-5-6-13/h12-13H,2-11H2,1H3,(H2,15,16). The summed E-state index contributed by atoms with van der Waals surface area (Å²) in [4.78, 5) is 6.68. The van der Waals surface area contributed by atoms with Crippen LogP contribution in [0.3, 0.4) is 0 Å². The van der Waals surface area contributed by atoms with Crippen LogP contribution >= 0.6 is 0 Å². The van der Waals surface area contributed by atoms with E-state index in [1.165, 1.54) is 25.7 Å². The Kier molecular flexibility index (Phi) is 5.29. The Morgan fingerprint density at radius 3 is 2.94 bits per heavy atom. The molecule has 1 saturated carbocycles. The minimum absolute atomic E-state index is 0.726. The van der Waals surface area contributed by atoms with E-state index < -0.39 is 0 Å². The summed E-state index contributed by atoms with van der Waals surface area (Å²) in [6, 6.07) is 0. The summed E-state index contributed by atoms with van der Waals surface area (Å²) in [6.45, 7) is 6.98. The van der Waals surface area contributed by atoms with Crippen LogP contribution in [0.25, 0.3) is 0 Å². The number of hydrogen-bond acceptors (Lipinski definition) is 2. The number of rotatable bonds is 6. The van der Waals surface area contributed by atoms with Crippen molar-refractivity contribution < 1.29 is 4.74 Å². The molecule has 2 fully saturated rings. The van der Waals surface area contributed by atoms with Crippen molar-refractivity contribution in [3.8, 4) is 0 Å². The first-order valence-electron chi connectivity index (χ1n) is 7.38. The largest absolute Gasteiger partial charge is 0.381 e. The van der Waals surface area contributed by atoms with E-state index in [4.69, 9.17) is 10.5 Å². The zero-order chi connectivity index (χ0) is 12.8. The van der Waals surface area contributed by atoms with Crippen molar-refractivity contribution in [3.05, 3.63) is 0 Å². The van der Waals surface area contributed by atoms with E-state index in [9.17, 15) is 0 Å². The van der Waals surface area contributed by atoms with Gasteiger partial charge in [-0.1, -0.05) is 6.92 Å². The minimum Gasteiger partial charge on any atom is -0.381 e. The van der Waals surface area contributed by atoms with Gasteiger partial charge in [0.25, 0.3) is 0 Å². The molecule has 2 rings (SSSR count). The van der Waals surface area contributed by atoms with Gasteiger partial charge in [-0.2, -0.15) is 0 Å². The van der Waals surface area contributed by atoms with Crippen molar-refractivity contribution in [1.29, 1.82) is 0 Å². The third kappa shape index (κ3) is 4.84. The molecule has 1 aliphatic heterocycles. The number of aliphatic imine (C=N–C) groups is 1. The topological polar surface area (TPSA) is 50.8 Å². The second kappa shape index (κ2) is 6.98. The van der Waals surface area contributed by atoms with Crippen LogP contribution in [0, 0.1) is 11.8 Å². The van der Waals surface area contributed by atoms with Crippen molar-refractivity contribution >= 4 is 5.96 Å². The van der Waals surface area contributed by atoms with Gasteiger partial charge in [-0.25, -0.2) is 0 Å².